The summed E-state index contributed by atoms with van der Waals surface area (Å²) in [5.74, 6) is 0.0660. The highest BCUT2D eigenvalue weighted by atomic mass is 35.5. The average molecular weight is 260 g/mol. The van der Waals surface area contributed by atoms with Crippen molar-refractivity contribution in [2.75, 3.05) is 6.54 Å². The minimum atomic E-state index is -0.306. The Morgan fingerprint density at radius 3 is 2.19 bits per heavy atom. The minimum absolute atomic E-state index is 0.0660. The molecular weight excluding hydrogens is 245 g/mol. The fourth-order valence-corrected chi connectivity index (χ4v) is 2.42. The highest BCUT2D eigenvalue weighted by Gasteiger charge is 2.25. The minimum Gasteiger partial charge on any atom is -0.370 e. The lowest BCUT2D eigenvalue weighted by atomic mass is 9.84. The maximum Gasteiger partial charge on any atom is 0.185 e. The Bertz CT molecular complexity index is 389. The van der Waals surface area contributed by atoms with Crippen molar-refractivity contribution in [1.82, 2.24) is 0 Å². The third kappa shape index (κ3) is 3.03. The molecular formula is C11H15Cl2N3. The summed E-state index contributed by atoms with van der Waals surface area (Å²) in [6.07, 6.45) is 0. The van der Waals surface area contributed by atoms with Crippen LogP contribution < -0.4 is 11.5 Å². The molecule has 0 aliphatic carbocycles. The number of aliphatic imine (C=N–C) groups is 1. The van der Waals surface area contributed by atoms with Gasteiger partial charge in [-0.1, -0.05) is 43.1 Å². The van der Waals surface area contributed by atoms with Crippen LogP contribution in [-0.2, 0) is 5.41 Å². The van der Waals surface area contributed by atoms with Crippen LogP contribution in [0.3, 0.4) is 0 Å². The summed E-state index contributed by atoms with van der Waals surface area (Å²) in [6, 6.07) is 5.42. The summed E-state index contributed by atoms with van der Waals surface area (Å²) in [7, 11) is 0. The van der Waals surface area contributed by atoms with Crippen molar-refractivity contribution in [3.63, 3.8) is 0 Å². The Morgan fingerprint density at radius 2 is 1.75 bits per heavy atom. The molecule has 3 nitrogen and oxygen atoms in total. The zero-order chi connectivity index (χ0) is 12.3. The summed E-state index contributed by atoms with van der Waals surface area (Å²) in [6.45, 7) is 4.43. The monoisotopic (exact) mass is 259 g/mol. The van der Waals surface area contributed by atoms with Crippen LogP contribution in [0.2, 0.25) is 10.0 Å². The second-order valence-corrected chi connectivity index (χ2v) is 5.04. The molecule has 0 fully saturated rings. The normalized spacial score (nSPS) is 11.2. The Balaban J connectivity index is 3.11. The Kier molecular flexibility index (Phi) is 4.05. The molecule has 0 aliphatic rings. The van der Waals surface area contributed by atoms with Gasteiger partial charge in [0.25, 0.3) is 0 Å². The first-order valence-corrected chi connectivity index (χ1v) is 5.60. The van der Waals surface area contributed by atoms with E-state index in [-0.39, 0.29) is 11.4 Å². The fourth-order valence-electron chi connectivity index (χ4n) is 1.51. The Morgan fingerprint density at radius 1 is 1.25 bits per heavy atom. The van der Waals surface area contributed by atoms with Gasteiger partial charge in [-0.15, -0.1) is 0 Å². The first-order valence-electron chi connectivity index (χ1n) is 4.84. The molecule has 5 heteroatoms. The van der Waals surface area contributed by atoms with Crippen molar-refractivity contribution in [1.29, 1.82) is 0 Å². The molecule has 0 amide bonds. The molecule has 0 aromatic heterocycles. The molecule has 16 heavy (non-hydrogen) atoms. The third-order valence-electron chi connectivity index (χ3n) is 2.30. The van der Waals surface area contributed by atoms with E-state index in [9.17, 15) is 0 Å². The maximum absolute atomic E-state index is 6.13. The first kappa shape index (κ1) is 13.1. The largest absolute Gasteiger partial charge is 0.370 e. The van der Waals surface area contributed by atoms with Crippen molar-refractivity contribution >= 4 is 29.2 Å². The van der Waals surface area contributed by atoms with Gasteiger partial charge in [0.15, 0.2) is 5.96 Å². The molecule has 0 atom stereocenters. The predicted octanol–water partition coefficient (Wildman–Crippen LogP) is 2.54. The zero-order valence-electron chi connectivity index (χ0n) is 9.30. The van der Waals surface area contributed by atoms with Crippen LogP contribution in [0.1, 0.15) is 19.4 Å². The highest BCUT2D eigenvalue weighted by Crippen LogP contribution is 2.35. The summed E-state index contributed by atoms with van der Waals surface area (Å²) >= 11 is 12.3. The number of halogens is 2. The van der Waals surface area contributed by atoms with Crippen molar-refractivity contribution in [2.24, 2.45) is 16.5 Å². The zero-order valence-corrected chi connectivity index (χ0v) is 10.8. The second-order valence-electron chi connectivity index (χ2n) is 4.22. The van der Waals surface area contributed by atoms with Crippen LogP contribution in [0.25, 0.3) is 0 Å². The lowest BCUT2D eigenvalue weighted by Crippen LogP contribution is -2.28. The maximum atomic E-state index is 6.13. The number of hydrogen-bond acceptors (Lipinski definition) is 1. The van der Waals surface area contributed by atoms with Gasteiger partial charge in [0.1, 0.15) is 0 Å². The van der Waals surface area contributed by atoms with Crippen LogP contribution in [-0.4, -0.2) is 12.5 Å². The van der Waals surface area contributed by atoms with E-state index < -0.39 is 0 Å². The summed E-state index contributed by atoms with van der Waals surface area (Å²) in [5, 5.41) is 1.26. The smallest absolute Gasteiger partial charge is 0.185 e. The molecule has 88 valence electrons. The Labute approximate surface area is 105 Å². The average Bonchev–Trinajstić information content (AvgIpc) is 2.14. The van der Waals surface area contributed by atoms with Gasteiger partial charge >= 0.3 is 0 Å². The van der Waals surface area contributed by atoms with Crippen LogP contribution in [0.15, 0.2) is 23.2 Å². The van der Waals surface area contributed by atoms with E-state index in [2.05, 4.69) is 4.99 Å². The van der Waals surface area contributed by atoms with E-state index in [1.165, 1.54) is 0 Å². The molecule has 0 saturated carbocycles. The standard InChI is InChI=1S/C11H15Cl2N3/c1-11(2,6-16-10(14)15)9-7(12)4-3-5-8(9)13/h3-5H,6H2,1-2H3,(H4,14,15,16). The predicted molar refractivity (Wildman–Crippen MR) is 70.2 cm³/mol. The molecule has 1 aromatic rings. The van der Waals surface area contributed by atoms with E-state index in [0.29, 0.717) is 16.6 Å². The molecule has 1 aromatic carbocycles. The van der Waals surface area contributed by atoms with E-state index >= 15 is 0 Å². The van der Waals surface area contributed by atoms with Gasteiger partial charge in [-0.2, -0.15) is 0 Å². The summed E-state index contributed by atoms with van der Waals surface area (Å²) < 4.78 is 0. The molecule has 4 N–H and O–H groups in total. The topological polar surface area (TPSA) is 64.4 Å². The molecule has 1 rings (SSSR count). The first-order chi connectivity index (χ1) is 7.34. The number of rotatable bonds is 3. The number of benzene rings is 1. The van der Waals surface area contributed by atoms with Crippen molar-refractivity contribution in [2.45, 2.75) is 19.3 Å². The number of guanidine groups is 1. The summed E-state index contributed by atoms with van der Waals surface area (Å²) in [5.41, 5.74) is 11.2. The molecule has 0 bridgehead atoms. The highest BCUT2D eigenvalue weighted by molar-refractivity contribution is 6.36. The SMILES string of the molecule is CC(C)(CN=C(N)N)c1c(Cl)cccc1Cl. The van der Waals surface area contributed by atoms with E-state index in [0.717, 1.165) is 5.56 Å². The van der Waals surface area contributed by atoms with Gasteiger partial charge in [0.2, 0.25) is 0 Å². The van der Waals surface area contributed by atoms with Crippen LogP contribution >= 0.6 is 23.2 Å². The van der Waals surface area contributed by atoms with Gasteiger partial charge in [-0.05, 0) is 17.7 Å². The molecule has 0 saturated heterocycles. The molecule has 0 spiro atoms. The lowest BCUT2D eigenvalue weighted by Gasteiger charge is -2.25. The molecule has 0 heterocycles. The van der Waals surface area contributed by atoms with Crippen LogP contribution in [0.4, 0.5) is 0 Å². The molecule has 0 radical (unpaired) electrons. The fraction of sp³-hybridized carbons (Fsp3) is 0.364. The second kappa shape index (κ2) is 4.93. The number of nitrogens with two attached hydrogens (primary N) is 2. The summed E-state index contributed by atoms with van der Waals surface area (Å²) in [4.78, 5) is 4.01. The number of nitrogens with zero attached hydrogens (tertiary/aromatic N) is 1. The lowest BCUT2D eigenvalue weighted by molar-refractivity contribution is 0.540. The van der Waals surface area contributed by atoms with E-state index in [1.807, 2.05) is 19.9 Å². The van der Waals surface area contributed by atoms with Crippen molar-refractivity contribution in [3.8, 4) is 0 Å². The molecule has 0 aliphatic heterocycles. The van der Waals surface area contributed by atoms with Crippen LogP contribution in [0.5, 0.6) is 0 Å². The van der Waals surface area contributed by atoms with Crippen molar-refractivity contribution < 1.29 is 0 Å². The van der Waals surface area contributed by atoms with Gasteiger partial charge in [0, 0.05) is 15.5 Å². The number of hydrogen-bond donors (Lipinski definition) is 2. The van der Waals surface area contributed by atoms with Gasteiger partial charge in [0.05, 0.1) is 6.54 Å². The van der Waals surface area contributed by atoms with Gasteiger partial charge < -0.3 is 11.5 Å². The van der Waals surface area contributed by atoms with Crippen LogP contribution in [0, 0.1) is 0 Å². The van der Waals surface area contributed by atoms with Crippen molar-refractivity contribution in [3.05, 3.63) is 33.8 Å². The Hall–Kier alpha value is -0.930. The van der Waals surface area contributed by atoms with Gasteiger partial charge in [-0.25, -0.2) is 0 Å². The third-order valence-corrected chi connectivity index (χ3v) is 2.93. The van der Waals surface area contributed by atoms with E-state index in [4.69, 9.17) is 34.7 Å². The molecule has 0 unspecified atom stereocenters. The van der Waals surface area contributed by atoms with E-state index in [1.54, 1.807) is 12.1 Å². The van der Waals surface area contributed by atoms with Gasteiger partial charge in [-0.3, -0.25) is 4.99 Å². The quantitative estimate of drug-likeness (QED) is 0.648.